The quantitative estimate of drug-likeness (QED) is 0.872. The van der Waals surface area contributed by atoms with Gasteiger partial charge in [0.15, 0.2) is 0 Å². The van der Waals surface area contributed by atoms with Crippen molar-refractivity contribution in [3.8, 4) is 0 Å². The van der Waals surface area contributed by atoms with Crippen LogP contribution in [0.4, 0.5) is 0 Å². The minimum atomic E-state index is -0.235. The molecular formula is C12H15BrOS. The van der Waals surface area contributed by atoms with Crippen molar-refractivity contribution in [1.29, 1.82) is 0 Å². The summed E-state index contributed by atoms with van der Waals surface area (Å²) < 4.78 is 1.09. The molecule has 2 bridgehead atoms. The first kappa shape index (κ1) is 10.3. The zero-order chi connectivity index (χ0) is 10.4. The average molecular weight is 287 g/mol. The molecular weight excluding hydrogens is 272 g/mol. The topological polar surface area (TPSA) is 20.2 Å². The van der Waals surface area contributed by atoms with Gasteiger partial charge in [-0.2, -0.15) is 11.3 Å². The number of fused-ring (bicyclic) bond motifs is 2. The van der Waals surface area contributed by atoms with Gasteiger partial charge in [0.05, 0.1) is 6.10 Å². The van der Waals surface area contributed by atoms with Crippen LogP contribution in [0.1, 0.15) is 37.4 Å². The summed E-state index contributed by atoms with van der Waals surface area (Å²) >= 11 is 5.18. The second kappa shape index (κ2) is 3.86. The lowest BCUT2D eigenvalue weighted by Gasteiger charge is -2.26. The SMILES string of the molecule is OC(c1cscc1Br)C1CC2CCC1C2. The van der Waals surface area contributed by atoms with Crippen LogP contribution in [0.15, 0.2) is 15.2 Å². The van der Waals surface area contributed by atoms with E-state index in [2.05, 4.69) is 26.7 Å². The van der Waals surface area contributed by atoms with Gasteiger partial charge in [-0.15, -0.1) is 0 Å². The van der Waals surface area contributed by atoms with Crippen LogP contribution in [-0.2, 0) is 0 Å². The average Bonchev–Trinajstić information content (AvgIpc) is 2.91. The Balaban J connectivity index is 1.81. The fourth-order valence-electron chi connectivity index (χ4n) is 3.41. The van der Waals surface area contributed by atoms with Crippen LogP contribution in [0.3, 0.4) is 0 Å². The first-order valence-corrected chi connectivity index (χ1v) is 7.39. The number of aliphatic hydroxyl groups excluding tert-OH is 1. The molecule has 0 saturated heterocycles. The maximum atomic E-state index is 10.4. The standard InChI is InChI=1S/C12H15BrOS/c13-11-6-15-5-10(11)12(14)9-4-7-1-2-8(9)3-7/h5-9,12,14H,1-4H2. The minimum Gasteiger partial charge on any atom is -0.388 e. The first-order chi connectivity index (χ1) is 7.25. The van der Waals surface area contributed by atoms with Crippen molar-refractivity contribution < 1.29 is 5.11 Å². The Hall–Kier alpha value is 0.140. The first-order valence-electron chi connectivity index (χ1n) is 5.65. The van der Waals surface area contributed by atoms with Crippen molar-refractivity contribution in [3.05, 3.63) is 20.8 Å². The molecule has 15 heavy (non-hydrogen) atoms. The molecule has 3 heteroatoms. The maximum Gasteiger partial charge on any atom is 0.0839 e. The number of thiophene rings is 1. The lowest BCUT2D eigenvalue weighted by molar-refractivity contribution is 0.0743. The molecule has 1 heterocycles. The van der Waals surface area contributed by atoms with E-state index in [1.54, 1.807) is 11.3 Å². The minimum absolute atomic E-state index is 0.235. The summed E-state index contributed by atoms with van der Waals surface area (Å²) in [6.45, 7) is 0. The van der Waals surface area contributed by atoms with Crippen LogP contribution in [-0.4, -0.2) is 5.11 Å². The Morgan fingerprint density at radius 1 is 1.33 bits per heavy atom. The van der Waals surface area contributed by atoms with E-state index in [4.69, 9.17) is 0 Å². The fraction of sp³-hybridized carbons (Fsp3) is 0.667. The van der Waals surface area contributed by atoms with Gasteiger partial charge in [0.25, 0.3) is 0 Å². The third kappa shape index (κ3) is 1.69. The molecule has 2 aliphatic carbocycles. The molecule has 0 spiro atoms. The Morgan fingerprint density at radius 2 is 2.20 bits per heavy atom. The Kier molecular flexibility index (Phi) is 2.65. The van der Waals surface area contributed by atoms with E-state index >= 15 is 0 Å². The van der Waals surface area contributed by atoms with E-state index in [9.17, 15) is 5.11 Å². The Bertz CT molecular complexity index is 362. The molecule has 4 unspecified atom stereocenters. The molecule has 4 atom stereocenters. The lowest BCUT2D eigenvalue weighted by atomic mass is 9.83. The molecule has 1 aromatic rings. The van der Waals surface area contributed by atoms with Crippen LogP contribution < -0.4 is 0 Å². The van der Waals surface area contributed by atoms with E-state index in [1.807, 2.05) is 0 Å². The van der Waals surface area contributed by atoms with Crippen LogP contribution in [0.2, 0.25) is 0 Å². The van der Waals surface area contributed by atoms with Gasteiger partial charge in [-0.3, -0.25) is 0 Å². The molecule has 0 amide bonds. The van der Waals surface area contributed by atoms with E-state index in [0.717, 1.165) is 21.9 Å². The predicted molar refractivity (Wildman–Crippen MR) is 65.9 cm³/mol. The molecule has 1 aromatic heterocycles. The number of aliphatic hydroxyl groups is 1. The van der Waals surface area contributed by atoms with E-state index in [1.165, 1.54) is 25.7 Å². The Labute approximate surface area is 103 Å². The summed E-state index contributed by atoms with van der Waals surface area (Å²) in [5.74, 6) is 2.22. The maximum absolute atomic E-state index is 10.4. The predicted octanol–water partition coefficient (Wildman–Crippen LogP) is 3.98. The highest BCUT2D eigenvalue weighted by Gasteiger charge is 2.43. The zero-order valence-corrected chi connectivity index (χ0v) is 10.9. The smallest absolute Gasteiger partial charge is 0.0839 e. The second-order valence-electron chi connectivity index (χ2n) is 4.96. The van der Waals surface area contributed by atoms with Crippen molar-refractivity contribution in [1.82, 2.24) is 0 Å². The molecule has 2 fully saturated rings. The molecule has 2 aliphatic rings. The molecule has 82 valence electrons. The number of hydrogen-bond acceptors (Lipinski definition) is 2. The van der Waals surface area contributed by atoms with Gasteiger partial charge in [0.1, 0.15) is 0 Å². The lowest BCUT2D eigenvalue weighted by Crippen LogP contribution is -2.18. The van der Waals surface area contributed by atoms with Crippen LogP contribution in [0.5, 0.6) is 0 Å². The summed E-state index contributed by atoms with van der Waals surface area (Å²) in [7, 11) is 0. The Morgan fingerprint density at radius 3 is 2.73 bits per heavy atom. The van der Waals surface area contributed by atoms with Crippen molar-refractivity contribution >= 4 is 27.3 Å². The van der Waals surface area contributed by atoms with Gasteiger partial charge >= 0.3 is 0 Å². The summed E-state index contributed by atoms with van der Waals surface area (Å²) in [4.78, 5) is 0. The molecule has 0 aromatic carbocycles. The largest absolute Gasteiger partial charge is 0.388 e. The van der Waals surface area contributed by atoms with Crippen molar-refractivity contribution in [2.75, 3.05) is 0 Å². The monoisotopic (exact) mass is 286 g/mol. The number of halogens is 1. The third-order valence-corrected chi connectivity index (χ3v) is 5.91. The number of rotatable bonds is 2. The van der Waals surface area contributed by atoms with Crippen LogP contribution in [0.25, 0.3) is 0 Å². The molecule has 3 rings (SSSR count). The van der Waals surface area contributed by atoms with Gasteiger partial charge in [-0.25, -0.2) is 0 Å². The van der Waals surface area contributed by atoms with E-state index < -0.39 is 0 Å². The van der Waals surface area contributed by atoms with Crippen molar-refractivity contribution in [2.24, 2.45) is 17.8 Å². The highest BCUT2D eigenvalue weighted by atomic mass is 79.9. The zero-order valence-electron chi connectivity index (χ0n) is 8.53. The van der Waals surface area contributed by atoms with Gasteiger partial charge in [0.2, 0.25) is 0 Å². The van der Waals surface area contributed by atoms with Gasteiger partial charge in [-0.1, -0.05) is 6.42 Å². The van der Waals surface area contributed by atoms with Gasteiger partial charge < -0.3 is 5.11 Å². The summed E-state index contributed by atoms with van der Waals surface area (Å²) in [5, 5.41) is 14.5. The van der Waals surface area contributed by atoms with Crippen molar-refractivity contribution in [3.63, 3.8) is 0 Å². The summed E-state index contributed by atoms with van der Waals surface area (Å²) in [6, 6.07) is 0. The second-order valence-corrected chi connectivity index (χ2v) is 6.56. The summed E-state index contributed by atoms with van der Waals surface area (Å²) in [6.07, 6.45) is 5.12. The van der Waals surface area contributed by atoms with Gasteiger partial charge in [0, 0.05) is 15.4 Å². The van der Waals surface area contributed by atoms with Crippen molar-refractivity contribution in [2.45, 2.75) is 31.8 Å². The van der Waals surface area contributed by atoms with Gasteiger partial charge in [-0.05, 0) is 58.3 Å². The normalized spacial score (nSPS) is 36.0. The fourth-order valence-corrected chi connectivity index (χ4v) is 4.97. The van der Waals surface area contributed by atoms with E-state index in [0.29, 0.717) is 5.92 Å². The number of hydrogen-bond donors (Lipinski definition) is 1. The molecule has 0 radical (unpaired) electrons. The molecule has 2 saturated carbocycles. The van der Waals surface area contributed by atoms with E-state index in [-0.39, 0.29) is 6.10 Å². The summed E-state index contributed by atoms with van der Waals surface area (Å²) in [5.41, 5.74) is 1.11. The third-order valence-electron chi connectivity index (χ3n) is 4.16. The molecule has 1 N–H and O–H groups in total. The van der Waals surface area contributed by atoms with Crippen LogP contribution >= 0.6 is 27.3 Å². The molecule has 0 aliphatic heterocycles. The molecule has 1 nitrogen and oxygen atoms in total. The van der Waals surface area contributed by atoms with Crippen LogP contribution in [0, 0.1) is 17.8 Å². The highest BCUT2D eigenvalue weighted by molar-refractivity contribution is 9.10. The highest BCUT2D eigenvalue weighted by Crippen LogP contribution is 2.53.